The molecular formula is C18H30O4. The van der Waals surface area contributed by atoms with Crippen molar-refractivity contribution in [3.8, 4) is 0 Å². The molecule has 0 aliphatic heterocycles. The summed E-state index contributed by atoms with van der Waals surface area (Å²) in [5.74, 6) is 1.96. The van der Waals surface area contributed by atoms with Crippen molar-refractivity contribution in [2.45, 2.75) is 77.6 Å². The summed E-state index contributed by atoms with van der Waals surface area (Å²) < 4.78 is 11.5. The molecule has 0 spiro atoms. The first-order chi connectivity index (χ1) is 10.6. The predicted octanol–water partition coefficient (Wildman–Crippen LogP) is 3.72. The molecule has 4 heteroatoms. The number of fused-ring (bicyclic) bond motifs is 2. The maximum absolute atomic E-state index is 12.4. The number of hydrogen-bond acceptors (Lipinski definition) is 4. The number of esters is 1. The quantitative estimate of drug-likeness (QED) is 0.586. The first-order valence-corrected chi connectivity index (χ1v) is 8.80. The second kappa shape index (κ2) is 8.09. The molecule has 0 saturated heterocycles. The molecule has 0 amide bonds. The summed E-state index contributed by atoms with van der Waals surface area (Å²) in [5, 5.41) is 0. The van der Waals surface area contributed by atoms with E-state index in [9.17, 15) is 4.79 Å². The summed E-state index contributed by atoms with van der Waals surface area (Å²) in [6, 6.07) is 0. The highest BCUT2D eigenvalue weighted by Gasteiger charge is 2.49. The minimum absolute atomic E-state index is 0.00647. The molecule has 3 rings (SSSR count). The SMILES string of the molecule is C=O.CC(OC(=O)C1C2CCC(C2)C1C)OC1CCCCC1. The zero-order chi connectivity index (χ0) is 16.1. The Bertz CT molecular complexity index is 362. The van der Waals surface area contributed by atoms with Gasteiger partial charge in [-0.15, -0.1) is 0 Å². The van der Waals surface area contributed by atoms with Crippen molar-refractivity contribution in [1.82, 2.24) is 0 Å². The summed E-state index contributed by atoms with van der Waals surface area (Å²) in [4.78, 5) is 20.4. The molecule has 3 aliphatic rings. The maximum atomic E-state index is 12.4. The highest BCUT2D eigenvalue weighted by molar-refractivity contribution is 5.74. The van der Waals surface area contributed by atoms with E-state index in [-0.39, 0.29) is 18.2 Å². The summed E-state index contributed by atoms with van der Waals surface area (Å²) >= 11 is 0. The fraction of sp³-hybridized carbons (Fsp3) is 0.889. The first-order valence-electron chi connectivity index (χ1n) is 8.80. The van der Waals surface area contributed by atoms with E-state index in [0.717, 1.165) is 18.8 Å². The lowest BCUT2D eigenvalue weighted by molar-refractivity contribution is -0.194. The van der Waals surface area contributed by atoms with Crippen LogP contribution in [0.5, 0.6) is 0 Å². The molecule has 0 aromatic carbocycles. The summed E-state index contributed by atoms with van der Waals surface area (Å²) in [6.07, 6.45) is 9.72. The van der Waals surface area contributed by atoms with Gasteiger partial charge in [0.2, 0.25) is 0 Å². The van der Waals surface area contributed by atoms with Crippen LogP contribution in [0.15, 0.2) is 0 Å². The molecule has 0 aromatic rings. The van der Waals surface area contributed by atoms with Gasteiger partial charge >= 0.3 is 5.97 Å². The molecule has 0 radical (unpaired) electrons. The van der Waals surface area contributed by atoms with Gasteiger partial charge in [-0.3, -0.25) is 4.79 Å². The highest BCUT2D eigenvalue weighted by Crippen LogP contribution is 2.52. The number of hydrogen-bond donors (Lipinski definition) is 0. The second-order valence-corrected chi connectivity index (χ2v) is 7.12. The normalized spacial score (nSPS) is 35.5. The predicted molar refractivity (Wildman–Crippen MR) is 84.1 cm³/mol. The zero-order valence-corrected chi connectivity index (χ0v) is 14.0. The average Bonchev–Trinajstić information content (AvgIpc) is 3.11. The smallest absolute Gasteiger partial charge is 0.311 e. The van der Waals surface area contributed by atoms with E-state index in [1.165, 1.54) is 38.5 Å². The topological polar surface area (TPSA) is 52.6 Å². The molecule has 5 atom stereocenters. The molecule has 5 unspecified atom stereocenters. The van der Waals surface area contributed by atoms with Crippen LogP contribution in [0.1, 0.15) is 65.2 Å². The Balaban J connectivity index is 0.000000847. The van der Waals surface area contributed by atoms with Gasteiger partial charge in [0, 0.05) is 0 Å². The molecule has 22 heavy (non-hydrogen) atoms. The van der Waals surface area contributed by atoms with Gasteiger partial charge in [0.15, 0.2) is 6.29 Å². The van der Waals surface area contributed by atoms with Gasteiger partial charge in [0.05, 0.1) is 12.0 Å². The maximum Gasteiger partial charge on any atom is 0.311 e. The molecule has 3 saturated carbocycles. The van der Waals surface area contributed by atoms with E-state index in [1.54, 1.807) is 0 Å². The van der Waals surface area contributed by atoms with E-state index in [2.05, 4.69) is 6.92 Å². The Labute approximate surface area is 133 Å². The Kier molecular flexibility index (Phi) is 6.42. The van der Waals surface area contributed by atoms with Crippen molar-refractivity contribution in [1.29, 1.82) is 0 Å². The molecule has 4 nitrogen and oxygen atoms in total. The van der Waals surface area contributed by atoms with E-state index in [0.29, 0.717) is 17.9 Å². The van der Waals surface area contributed by atoms with Crippen LogP contribution in [0.25, 0.3) is 0 Å². The van der Waals surface area contributed by atoms with Crippen molar-refractivity contribution >= 4 is 12.8 Å². The van der Waals surface area contributed by atoms with Crippen LogP contribution in [-0.4, -0.2) is 25.2 Å². The van der Waals surface area contributed by atoms with Crippen molar-refractivity contribution in [3.63, 3.8) is 0 Å². The molecule has 0 aromatic heterocycles. The van der Waals surface area contributed by atoms with Crippen molar-refractivity contribution in [2.75, 3.05) is 0 Å². The third kappa shape index (κ3) is 3.89. The van der Waals surface area contributed by atoms with Crippen LogP contribution < -0.4 is 0 Å². The molecule has 0 heterocycles. The lowest BCUT2D eigenvalue weighted by Gasteiger charge is -2.29. The number of carbonyl (C=O) groups excluding carboxylic acids is 2. The van der Waals surface area contributed by atoms with Gasteiger partial charge in [-0.05, 0) is 56.8 Å². The minimum atomic E-state index is -0.378. The first kappa shape index (κ1) is 17.5. The third-order valence-corrected chi connectivity index (χ3v) is 5.82. The van der Waals surface area contributed by atoms with E-state index < -0.39 is 0 Å². The minimum Gasteiger partial charge on any atom is -0.436 e. The molecule has 2 bridgehead atoms. The van der Waals surface area contributed by atoms with Gasteiger partial charge in [0.1, 0.15) is 6.79 Å². The molecule has 126 valence electrons. The van der Waals surface area contributed by atoms with Crippen LogP contribution in [0.2, 0.25) is 0 Å². The average molecular weight is 310 g/mol. The highest BCUT2D eigenvalue weighted by atomic mass is 16.7. The van der Waals surface area contributed by atoms with Gasteiger partial charge in [-0.2, -0.15) is 0 Å². The Hall–Kier alpha value is -0.900. The van der Waals surface area contributed by atoms with E-state index in [4.69, 9.17) is 14.3 Å². The Morgan fingerprint density at radius 3 is 2.27 bits per heavy atom. The van der Waals surface area contributed by atoms with Gasteiger partial charge in [-0.1, -0.05) is 26.2 Å². The molecule has 0 N–H and O–H groups in total. The monoisotopic (exact) mass is 310 g/mol. The van der Waals surface area contributed by atoms with Crippen molar-refractivity contribution in [2.24, 2.45) is 23.7 Å². The van der Waals surface area contributed by atoms with Crippen molar-refractivity contribution in [3.05, 3.63) is 0 Å². The summed E-state index contributed by atoms with van der Waals surface area (Å²) in [5.41, 5.74) is 0. The number of carbonyl (C=O) groups is 2. The molecular weight excluding hydrogens is 280 g/mol. The molecule has 3 fully saturated rings. The second-order valence-electron chi connectivity index (χ2n) is 7.12. The zero-order valence-electron chi connectivity index (χ0n) is 14.0. The Morgan fingerprint density at radius 1 is 1.05 bits per heavy atom. The van der Waals surface area contributed by atoms with Gasteiger partial charge in [0.25, 0.3) is 0 Å². The van der Waals surface area contributed by atoms with Crippen LogP contribution in [0, 0.1) is 23.7 Å². The lowest BCUT2D eigenvalue weighted by Crippen LogP contribution is -2.33. The van der Waals surface area contributed by atoms with Crippen LogP contribution in [-0.2, 0) is 19.1 Å². The van der Waals surface area contributed by atoms with Gasteiger partial charge in [-0.25, -0.2) is 0 Å². The lowest BCUT2D eigenvalue weighted by atomic mass is 9.80. The van der Waals surface area contributed by atoms with E-state index >= 15 is 0 Å². The van der Waals surface area contributed by atoms with E-state index in [1.807, 2.05) is 13.7 Å². The van der Waals surface area contributed by atoms with Crippen LogP contribution in [0.3, 0.4) is 0 Å². The van der Waals surface area contributed by atoms with Crippen molar-refractivity contribution < 1.29 is 19.1 Å². The third-order valence-electron chi connectivity index (χ3n) is 5.82. The van der Waals surface area contributed by atoms with Gasteiger partial charge < -0.3 is 14.3 Å². The number of ether oxygens (including phenoxy) is 2. The summed E-state index contributed by atoms with van der Waals surface area (Å²) in [6.45, 7) is 6.10. The fourth-order valence-electron chi connectivity index (χ4n) is 4.73. The van der Waals surface area contributed by atoms with Crippen LogP contribution >= 0.6 is 0 Å². The standard InChI is InChI=1S/C17H28O3.CH2O/c1-11-13-8-9-14(10-13)16(11)17(18)20-12(2)19-15-6-4-3-5-7-15;1-2/h11-16H,3-10H2,1-2H3;1H2. The fourth-order valence-corrected chi connectivity index (χ4v) is 4.73. The summed E-state index contributed by atoms with van der Waals surface area (Å²) in [7, 11) is 0. The molecule has 3 aliphatic carbocycles. The van der Waals surface area contributed by atoms with Crippen LogP contribution in [0.4, 0.5) is 0 Å². The Morgan fingerprint density at radius 2 is 1.68 bits per heavy atom. The number of rotatable bonds is 4. The largest absolute Gasteiger partial charge is 0.436 e.